The first-order chi connectivity index (χ1) is 5.93. The van der Waals surface area contributed by atoms with Gasteiger partial charge in [-0.25, -0.2) is 4.79 Å². The molecule has 0 radical (unpaired) electrons. The lowest BCUT2D eigenvalue weighted by Crippen LogP contribution is -2.50. The maximum absolute atomic E-state index is 10.8. The number of rotatable bonds is 2. The Morgan fingerprint density at radius 2 is 2.15 bits per heavy atom. The van der Waals surface area contributed by atoms with Crippen molar-refractivity contribution in [2.24, 2.45) is 0 Å². The van der Waals surface area contributed by atoms with Gasteiger partial charge in [0, 0.05) is 0 Å². The van der Waals surface area contributed by atoms with Crippen molar-refractivity contribution in [3.05, 3.63) is 0 Å². The summed E-state index contributed by atoms with van der Waals surface area (Å²) >= 11 is 0. The van der Waals surface area contributed by atoms with Crippen molar-refractivity contribution in [2.45, 2.75) is 30.8 Å². The van der Waals surface area contributed by atoms with E-state index in [4.69, 9.17) is 10.2 Å². The molecule has 1 fully saturated rings. The summed E-state index contributed by atoms with van der Waals surface area (Å²) in [5.74, 6) is -1.05. The molecule has 0 bridgehead atoms. The summed E-state index contributed by atoms with van der Waals surface area (Å²) < 4.78 is 4.51. The molecule has 74 valence electrons. The number of carbonyl (C=O) groups is 2. The molecule has 0 unspecified atom stereocenters. The monoisotopic (exact) mass is 190 g/mol. The van der Waals surface area contributed by atoms with Crippen LogP contribution in [0.15, 0.2) is 0 Å². The number of esters is 1. The van der Waals surface area contributed by atoms with Crippen LogP contribution >= 0.6 is 0 Å². The molecular weight excluding hydrogens is 180 g/mol. The molecule has 0 saturated carbocycles. The standard InChI is InChI=1S/C7H10O6/c1-7(3(9)2-8)5(11)4(10)6(12)13-7/h2-5,9-11H,1H3/t3-,4-,5+,7+/m0/s1. The third-order valence-electron chi connectivity index (χ3n) is 2.16. The van der Waals surface area contributed by atoms with Crippen molar-refractivity contribution in [3.63, 3.8) is 0 Å². The molecule has 6 heteroatoms. The topological polar surface area (TPSA) is 104 Å². The minimum Gasteiger partial charge on any atom is -0.451 e. The lowest BCUT2D eigenvalue weighted by Gasteiger charge is -2.27. The van der Waals surface area contributed by atoms with Crippen molar-refractivity contribution in [3.8, 4) is 0 Å². The van der Waals surface area contributed by atoms with Gasteiger partial charge in [0.05, 0.1) is 0 Å². The number of ether oxygens (including phenoxy) is 1. The van der Waals surface area contributed by atoms with E-state index >= 15 is 0 Å². The summed E-state index contributed by atoms with van der Waals surface area (Å²) in [6, 6.07) is 0. The van der Waals surface area contributed by atoms with E-state index < -0.39 is 29.9 Å². The van der Waals surface area contributed by atoms with Crippen molar-refractivity contribution < 1.29 is 29.6 Å². The molecule has 1 aliphatic heterocycles. The number of hydrogen-bond acceptors (Lipinski definition) is 6. The number of cyclic esters (lactones) is 1. The Balaban J connectivity index is 2.93. The smallest absolute Gasteiger partial charge is 0.338 e. The van der Waals surface area contributed by atoms with Crippen LogP contribution in [0.3, 0.4) is 0 Å². The second-order valence-corrected chi connectivity index (χ2v) is 3.08. The molecule has 13 heavy (non-hydrogen) atoms. The Labute approximate surface area is 73.7 Å². The van der Waals surface area contributed by atoms with Crippen molar-refractivity contribution in [1.82, 2.24) is 0 Å². The van der Waals surface area contributed by atoms with Crippen LogP contribution in [0.2, 0.25) is 0 Å². The van der Waals surface area contributed by atoms with E-state index in [1.54, 1.807) is 0 Å². The summed E-state index contributed by atoms with van der Waals surface area (Å²) in [6.07, 6.45) is -4.82. The van der Waals surface area contributed by atoms with Crippen LogP contribution in [0.4, 0.5) is 0 Å². The highest BCUT2D eigenvalue weighted by Crippen LogP contribution is 2.29. The second kappa shape index (κ2) is 3.06. The zero-order valence-electron chi connectivity index (χ0n) is 6.88. The third-order valence-corrected chi connectivity index (χ3v) is 2.16. The fourth-order valence-electron chi connectivity index (χ4n) is 1.15. The summed E-state index contributed by atoms with van der Waals surface area (Å²) in [4.78, 5) is 21.0. The van der Waals surface area contributed by atoms with Crippen molar-refractivity contribution in [1.29, 1.82) is 0 Å². The lowest BCUT2D eigenvalue weighted by molar-refractivity contribution is -0.164. The van der Waals surface area contributed by atoms with Gasteiger partial charge in [-0.3, -0.25) is 0 Å². The van der Waals surface area contributed by atoms with E-state index in [-0.39, 0.29) is 6.29 Å². The van der Waals surface area contributed by atoms with Crippen LogP contribution in [-0.2, 0) is 14.3 Å². The minimum absolute atomic E-state index is 0.133. The Hall–Kier alpha value is -0.980. The Morgan fingerprint density at radius 1 is 1.62 bits per heavy atom. The van der Waals surface area contributed by atoms with Crippen molar-refractivity contribution >= 4 is 12.3 Å². The van der Waals surface area contributed by atoms with Gasteiger partial charge in [-0.1, -0.05) is 0 Å². The molecule has 1 saturated heterocycles. The molecule has 0 spiro atoms. The third kappa shape index (κ3) is 1.32. The lowest BCUT2D eigenvalue weighted by atomic mass is 9.92. The molecule has 0 aliphatic carbocycles. The summed E-state index contributed by atoms with van der Waals surface area (Å²) in [7, 11) is 0. The average molecular weight is 190 g/mol. The van der Waals surface area contributed by atoms with Crippen LogP contribution < -0.4 is 0 Å². The molecule has 6 nitrogen and oxygen atoms in total. The molecule has 0 aromatic heterocycles. The minimum atomic E-state index is -1.75. The number of aliphatic hydroxyl groups excluding tert-OH is 3. The molecule has 4 atom stereocenters. The van der Waals surface area contributed by atoms with E-state index in [9.17, 15) is 14.7 Å². The summed E-state index contributed by atoms with van der Waals surface area (Å²) in [5.41, 5.74) is -1.75. The highest BCUT2D eigenvalue weighted by molar-refractivity contribution is 5.79. The largest absolute Gasteiger partial charge is 0.451 e. The van der Waals surface area contributed by atoms with E-state index in [0.717, 1.165) is 0 Å². The highest BCUT2D eigenvalue weighted by Gasteiger charge is 2.55. The second-order valence-electron chi connectivity index (χ2n) is 3.08. The SMILES string of the molecule is C[C@]1([C@@H](O)C=O)OC(=O)[C@@H](O)[C@H]1O. The van der Waals surface area contributed by atoms with E-state index in [2.05, 4.69) is 4.74 Å². The quantitative estimate of drug-likeness (QED) is 0.331. The van der Waals surface area contributed by atoms with Gasteiger partial charge in [0.15, 0.2) is 24.1 Å². The Kier molecular flexibility index (Phi) is 2.38. The first kappa shape index (κ1) is 10.1. The number of aliphatic hydroxyl groups is 3. The molecule has 1 aliphatic rings. The van der Waals surface area contributed by atoms with Crippen LogP contribution in [0.1, 0.15) is 6.92 Å². The van der Waals surface area contributed by atoms with E-state index in [1.807, 2.05) is 0 Å². The number of aldehydes is 1. The zero-order valence-corrected chi connectivity index (χ0v) is 6.88. The van der Waals surface area contributed by atoms with Gasteiger partial charge in [0.1, 0.15) is 6.10 Å². The summed E-state index contributed by atoms with van der Waals surface area (Å²) in [5, 5.41) is 27.4. The van der Waals surface area contributed by atoms with Gasteiger partial charge in [-0.15, -0.1) is 0 Å². The molecule has 0 aromatic rings. The van der Waals surface area contributed by atoms with Gasteiger partial charge in [-0.2, -0.15) is 0 Å². The molecule has 0 aromatic carbocycles. The van der Waals surface area contributed by atoms with E-state index in [0.29, 0.717) is 0 Å². The number of hydrogen-bond donors (Lipinski definition) is 3. The fourth-order valence-corrected chi connectivity index (χ4v) is 1.15. The maximum Gasteiger partial charge on any atom is 0.338 e. The molecule has 3 N–H and O–H groups in total. The van der Waals surface area contributed by atoms with Crippen LogP contribution in [0.25, 0.3) is 0 Å². The normalized spacial score (nSPS) is 41.4. The summed E-state index contributed by atoms with van der Waals surface area (Å²) in [6.45, 7) is 1.17. The predicted octanol–water partition coefficient (Wildman–Crippen LogP) is -2.42. The fraction of sp³-hybridized carbons (Fsp3) is 0.714. The number of carbonyl (C=O) groups excluding carboxylic acids is 2. The molecule has 1 rings (SSSR count). The Bertz CT molecular complexity index is 239. The van der Waals surface area contributed by atoms with Gasteiger partial charge >= 0.3 is 5.97 Å². The molecule has 1 heterocycles. The zero-order chi connectivity index (χ0) is 10.2. The molecular formula is C7H10O6. The van der Waals surface area contributed by atoms with Crippen LogP contribution in [-0.4, -0.2) is 51.5 Å². The predicted molar refractivity (Wildman–Crippen MR) is 38.6 cm³/mol. The van der Waals surface area contributed by atoms with Crippen LogP contribution in [0, 0.1) is 0 Å². The highest BCUT2D eigenvalue weighted by atomic mass is 16.6. The van der Waals surface area contributed by atoms with Gasteiger partial charge < -0.3 is 24.9 Å². The van der Waals surface area contributed by atoms with Gasteiger partial charge in [0.2, 0.25) is 0 Å². The maximum atomic E-state index is 10.8. The first-order valence-electron chi connectivity index (χ1n) is 3.66. The molecule has 0 amide bonds. The van der Waals surface area contributed by atoms with Gasteiger partial charge in [0.25, 0.3) is 0 Å². The van der Waals surface area contributed by atoms with E-state index in [1.165, 1.54) is 6.92 Å². The van der Waals surface area contributed by atoms with Crippen molar-refractivity contribution in [2.75, 3.05) is 0 Å². The first-order valence-corrected chi connectivity index (χ1v) is 3.66. The Morgan fingerprint density at radius 3 is 2.46 bits per heavy atom. The average Bonchev–Trinajstić information content (AvgIpc) is 2.30. The van der Waals surface area contributed by atoms with Gasteiger partial charge in [-0.05, 0) is 6.92 Å². The van der Waals surface area contributed by atoms with Crippen LogP contribution in [0.5, 0.6) is 0 Å².